The van der Waals surface area contributed by atoms with E-state index in [4.69, 9.17) is 9.47 Å². The number of nitrogens with one attached hydrogen (secondary N) is 1. The molecule has 1 N–H and O–H groups in total. The minimum Gasteiger partial charge on any atom is -0.497 e. The van der Waals surface area contributed by atoms with E-state index in [0.717, 1.165) is 22.7 Å². The Kier molecular flexibility index (Phi) is 6.87. The van der Waals surface area contributed by atoms with Crippen LogP contribution in [0, 0.1) is 5.92 Å². The Morgan fingerprint density at radius 3 is 1.97 bits per heavy atom. The number of ether oxygens (including phenoxy) is 2. The van der Waals surface area contributed by atoms with E-state index in [1.54, 1.807) is 19.1 Å². The number of anilines is 2. The van der Waals surface area contributed by atoms with Crippen molar-refractivity contribution in [2.75, 3.05) is 24.4 Å². The zero-order valence-corrected chi connectivity index (χ0v) is 19.9. The summed E-state index contributed by atoms with van der Waals surface area (Å²) in [5.74, 6) is 1.01. The van der Waals surface area contributed by atoms with Gasteiger partial charge >= 0.3 is 0 Å². The molecule has 1 aliphatic rings. The van der Waals surface area contributed by atoms with Gasteiger partial charge in [-0.1, -0.05) is 38.1 Å². The molecule has 0 radical (unpaired) electrons. The first-order valence-electron chi connectivity index (χ1n) is 11.4. The summed E-state index contributed by atoms with van der Waals surface area (Å²) in [7, 11) is 3.21. The minimum atomic E-state index is -0.548. The van der Waals surface area contributed by atoms with Crippen molar-refractivity contribution in [3.8, 4) is 11.5 Å². The third-order valence-electron chi connectivity index (χ3n) is 6.31. The second-order valence-electron chi connectivity index (χ2n) is 8.76. The molecule has 4 rings (SSSR count). The summed E-state index contributed by atoms with van der Waals surface area (Å²) in [6, 6.07) is 22.3. The lowest BCUT2D eigenvalue weighted by atomic mass is 9.92. The molecule has 2 amide bonds. The predicted octanol–water partition coefficient (Wildman–Crippen LogP) is 5.56. The molecule has 1 fully saturated rings. The van der Waals surface area contributed by atoms with E-state index in [1.165, 1.54) is 5.56 Å². The van der Waals surface area contributed by atoms with Gasteiger partial charge in [0.2, 0.25) is 11.8 Å². The van der Waals surface area contributed by atoms with E-state index >= 15 is 0 Å². The van der Waals surface area contributed by atoms with Gasteiger partial charge in [0, 0.05) is 17.8 Å². The molecule has 6 nitrogen and oxygen atoms in total. The fraction of sp³-hybridized carbons (Fsp3) is 0.286. The van der Waals surface area contributed by atoms with Crippen LogP contribution in [0.1, 0.15) is 43.4 Å². The van der Waals surface area contributed by atoms with E-state index < -0.39 is 12.0 Å². The normalized spacial score (nSPS) is 17.7. The van der Waals surface area contributed by atoms with Gasteiger partial charge in [0.25, 0.3) is 0 Å². The highest BCUT2D eigenvalue weighted by Gasteiger charge is 2.45. The molecule has 176 valence electrons. The highest BCUT2D eigenvalue weighted by Crippen LogP contribution is 2.42. The molecule has 3 aromatic carbocycles. The van der Waals surface area contributed by atoms with Gasteiger partial charge in [-0.15, -0.1) is 0 Å². The maximum atomic E-state index is 13.4. The first kappa shape index (κ1) is 23.4. The van der Waals surface area contributed by atoms with Gasteiger partial charge in [-0.25, -0.2) is 0 Å². The summed E-state index contributed by atoms with van der Waals surface area (Å²) in [6.07, 6.45) is 0.124. The van der Waals surface area contributed by atoms with Gasteiger partial charge in [-0.3, -0.25) is 9.59 Å². The lowest BCUT2D eigenvalue weighted by molar-refractivity contribution is -0.122. The van der Waals surface area contributed by atoms with Crippen LogP contribution in [0.5, 0.6) is 11.5 Å². The lowest BCUT2D eigenvalue weighted by Gasteiger charge is -2.28. The summed E-state index contributed by atoms with van der Waals surface area (Å²) in [4.78, 5) is 28.4. The number of methoxy groups -OCH3 is 2. The van der Waals surface area contributed by atoms with Crippen molar-refractivity contribution in [3.05, 3.63) is 83.9 Å². The molecule has 34 heavy (non-hydrogen) atoms. The number of benzene rings is 3. The SMILES string of the molecule is COc1ccc(C2C(C(=O)Nc3ccc(C(C)C)cc3)CC(=O)N2c2ccc(OC)cc2)cc1. The standard InChI is InChI=1S/C28H30N2O4/c1-18(2)19-5-9-21(10-6-19)29-28(32)25-17-26(31)30(22-11-15-24(34-4)16-12-22)27(25)20-7-13-23(33-3)14-8-20/h5-16,18,25,27H,17H2,1-4H3,(H,29,32). The van der Waals surface area contributed by atoms with Gasteiger partial charge in [0.15, 0.2) is 0 Å². The van der Waals surface area contributed by atoms with E-state index in [9.17, 15) is 9.59 Å². The van der Waals surface area contributed by atoms with Gasteiger partial charge < -0.3 is 19.7 Å². The molecular formula is C28H30N2O4. The van der Waals surface area contributed by atoms with Gasteiger partial charge in [-0.05, 0) is 65.6 Å². The maximum absolute atomic E-state index is 13.4. The van der Waals surface area contributed by atoms with Crippen LogP contribution in [0.25, 0.3) is 0 Å². The second kappa shape index (κ2) is 10.00. The summed E-state index contributed by atoms with van der Waals surface area (Å²) >= 11 is 0. The van der Waals surface area contributed by atoms with Crippen molar-refractivity contribution in [1.82, 2.24) is 0 Å². The van der Waals surface area contributed by atoms with Crippen molar-refractivity contribution in [3.63, 3.8) is 0 Å². The molecule has 6 heteroatoms. The molecular weight excluding hydrogens is 428 g/mol. The fourth-order valence-corrected chi connectivity index (χ4v) is 4.39. The molecule has 0 spiro atoms. The quantitative estimate of drug-likeness (QED) is 0.503. The summed E-state index contributed by atoms with van der Waals surface area (Å²) < 4.78 is 10.6. The Morgan fingerprint density at radius 2 is 1.44 bits per heavy atom. The molecule has 0 aromatic heterocycles. The van der Waals surface area contributed by atoms with Crippen molar-refractivity contribution in [2.24, 2.45) is 5.92 Å². The molecule has 1 heterocycles. The zero-order chi connectivity index (χ0) is 24.2. The minimum absolute atomic E-state index is 0.0960. The van der Waals surface area contributed by atoms with Crippen LogP contribution < -0.4 is 19.7 Å². The van der Waals surface area contributed by atoms with Gasteiger partial charge in [-0.2, -0.15) is 0 Å². The number of amides is 2. The molecule has 0 saturated carbocycles. The third kappa shape index (κ3) is 4.76. The Bertz CT molecular complexity index is 1140. The summed E-state index contributed by atoms with van der Waals surface area (Å²) in [5.41, 5.74) is 3.52. The highest BCUT2D eigenvalue weighted by atomic mass is 16.5. The summed E-state index contributed by atoms with van der Waals surface area (Å²) in [6.45, 7) is 4.26. The van der Waals surface area contributed by atoms with Crippen LogP contribution in [0.15, 0.2) is 72.8 Å². The van der Waals surface area contributed by atoms with E-state index in [0.29, 0.717) is 11.7 Å². The average molecular weight is 459 g/mol. The number of rotatable bonds is 7. The molecule has 0 bridgehead atoms. The zero-order valence-electron chi connectivity index (χ0n) is 19.9. The van der Waals surface area contributed by atoms with Crippen LogP contribution >= 0.6 is 0 Å². The fourth-order valence-electron chi connectivity index (χ4n) is 4.39. The van der Waals surface area contributed by atoms with E-state index in [-0.39, 0.29) is 18.2 Å². The van der Waals surface area contributed by atoms with E-state index in [2.05, 4.69) is 19.2 Å². The van der Waals surface area contributed by atoms with Crippen LogP contribution in [0.2, 0.25) is 0 Å². The van der Waals surface area contributed by atoms with Gasteiger partial charge in [0.05, 0.1) is 26.2 Å². The molecule has 3 aromatic rings. The highest BCUT2D eigenvalue weighted by molar-refractivity contribution is 6.04. The topological polar surface area (TPSA) is 67.9 Å². The molecule has 1 saturated heterocycles. The number of carbonyl (C=O) groups excluding carboxylic acids is 2. The van der Waals surface area contributed by atoms with Crippen molar-refractivity contribution in [1.29, 1.82) is 0 Å². The predicted molar refractivity (Wildman–Crippen MR) is 133 cm³/mol. The molecule has 2 atom stereocenters. The third-order valence-corrected chi connectivity index (χ3v) is 6.31. The Balaban J connectivity index is 1.66. The van der Waals surface area contributed by atoms with Gasteiger partial charge in [0.1, 0.15) is 11.5 Å². The van der Waals surface area contributed by atoms with Crippen molar-refractivity contribution >= 4 is 23.2 Å². The molecule has 2 unspecified atom stereocenters. The first-order valence-corrected chi connectivity index (χ1v) is 11.4. The maximum Gasteiger partial charge on any atom is 0.230 e. The number of hydrogen-bond donors (Lipinski definition) is 1. The molecule has 0 aliphatic carbocycles. The summed E-state index contributed by atoms with van der Waals surface area (Å²) in [5, 5.41) is 3.02. The van der Waals surface area contributed by atoms with Crippen LogP contribution in [0.4, 0.5) is 11.4 Å². The second-order valence-corrected chi connectivity index (χ2v) is 8.76. The van der Waals surface area contributed by atoms with Crippen LogP contribution in [0.3, 0.4) is 0 Å². The lowest BCUT2D eigenvalue weighted by Crippen LogP contribution is -2.32. The van der Waals surface area contributed by atoms with Crippen molar-refractivity contribution in [2.45, 2.75) is 32.2 Å². The number of nitrogens with zero attached hydrogens (tertiary/aromatic N) is 1. The monoisotopic (exact) mass is 458 g/mol. The smallest absolute Gasteiger partial charge is 0.230 e. The Hall–Kier alpha value is -3.80. The van der Waals surface area contributed by atoms with Crippen molar-refractivity contribution < 1.29 is 19.1 Å². The largest absolute Gasteiger partial charge is 0.497 e. The number of hydrogen-bond acceptors (Lipinski definition) is 4. The van der Waals surface area contributed by atoms with Crippen LogP contribution in [-0.2, 0) is 9.59 Å². The first-order chi connectivity index (χ1) is 16.4. The Morgan fingerprint density at radius 1 is 0.882 bits per heavy atom. The van der Waals surface area contributed by atoms with E-state index in [1.807, 2.05) is 72.8 Å². The number of carbonyl (C=O) groups is 2. The molecule has 1 aliphatic heterocycles. The Labute approximate surface area is 200 Å². The van der Waals surface area contributed by atoms with Crippen LogP contribution in [-0.4, -0.2) is 26.0 Å². The average Bonchev–Trinajstić information content (AvgIpc) is 3.21.